The summed E-state index contributed by atoms with van der Waals surface area (Å²) in [6, 6.07) is -1.68. The Morgan fingerprint density at radius 2 is 2.00 bits per heavy atom. The molecule has 0 aromatic rings. The van der Waals surface area contributed by atoms with Crippen LogP contribution < -0.4 is 11.1 Å². The van der Waals surface area contributed by atoms with Crippen molar-refractivity contribution in [1.29, 1.82) is 0 Å². The lowest BCUT2D eigenvalue weighted by Gasteiger charge is -2.22. The first-order valence-electron chi connectivity index (χ1n) is 4.44. The monoisotopic (exact) mass is 220 g/mol. The number of carboxylic acid groups (broad SMARTS) is 1. The molecular formula is C8H16N2O5. The summed E-state index contributed by atoms with van der Waals surface area (Å²) in [7, 11) is 0. The zero-order chi connectivity index (χ0) is 12.0. The van der Waals surface area contributed by atoms with E-state index < -0.39 is 43.1 Å². The highest BCUT2D eigenvalue weighted by Crippen LogP contribution is 1.98. The number of aliphatic carboxylic acids is 1. The van der Waals surface area contributed by atoms with E-state index in [2.05, 4.69) is 5.32 Å². The zero-order valence-corrected chi connectivity index (χ0v) is 8.38. The molecule has 0 bridgehead atoms. The number of hydrogen-bond donors (Lipinski definition) is 5. The third kappa shape index (κ3) is 5.31. The molecule has 15 heavy (non-hydrogen) atoms. The molecule has 1 amide bonds. The lowest BCUT2D eigenvalue weighted by molar-refractivity contribution is -0.139. The summed E-state index contributed by atoms with van der Waals surface area (Å²) in [4.78, 5) is 21.2. The van der Waals surface area contributed by atoms with Gasteiger partial charge in [-0.3, -0.25) is 9.59 Å². The van der Waals surface area contributed by atoms with Gasteiger partial charge in [-0.2, -0.15) is 0 Å². The molecule has 0 aliphatic carbocycles. The Morgan fingerprint density at radius 3 is 2.33 bits per heavy atom. The number of rotatable bonds is 7. The summed E-state index contributed by atoms with van der Waals surface area (Å²) in [6.45, 7) is 1.03. The molecule has 0 fully saturated rings. The van der Waals surface area contributed by atoms with Gasteiger partial charge in [0, 0.05) is 6.04 Å². The van der Waals surface area contributed by atoms with Gasteiger partial charge in [0.05, 0.1) is 25.2 Å². The summed E-state index contributed by atoms with van der Waals surface area (Å²) in [6.07, 6.45) is -1.53. The van der Waals surface area contributed by atoms with Gasteiger partial charge in [0.2, 0.25) is 5.91 Å². The predicted octanol–water partition coefficient (Wildman–Crippen LogP) is -2.35. The van der Waals surface area contributed by atoms with E-state index in [1.165, 1.54) is 6.92 Å². The van der Waals surface area contributed by atoms with E-state index in [0.29, 0.717) is 0 Å². The Balaban J connectivity index is 4.28. The zero-order valence-electron chi connectivity index (χ0n) is 8.38. The highest BCUT2D eigenvalue weighted by atomic mass is 16.4. The van der Waals surface area contributed by atoms with Crippen LogP contribution in [0.15, 0.2) is 0 Å². The molecular weight excluding hydrogens is 204 g/mol. The van der Waals surface area contributed by atoms with Gasteiger partial charge in [0.1, 0.15) is 0 Å². The Morgan fingerprint density at radius 1 is 1.47 bits per heavy atom. The van der Waals surface area contributed by atoms with Crippen molar-refractivity contribution in [3.8, 4) is 0 Å². The summed E-state index contributed by atoms with van der Waals surface area (Å²) < 4.78 is 0. The third-order valence-corrected chi connectivity index (χ3v) is 1.95. The first kappa shape index (κ1) is 13.8. The van der Waals surface area contributed by atoms with Crippen LogP contribution in [0.3, 0.4) is 0 Å². The van der Waals surface area contributed by atoms with Crippen molar-refractivity contribution in [2.75, 3.05) is 6.61 Å². The molecule has 0 radical (unpaired) electrons. The third-order valence-electron chi connectivity index (χ3n) is 1.95. The lowest BCUT2D eigenvalue weighted by atomic mass is 10.1. The van der Waals surface area contributed by atoms with Crippen LogP contribution >= 0.6 is 0 Å². The molecule has 0 aromatic heterocycles. The van der Waals surface area contributed by atoms with Gasteiger partial charge in [-0.25, -0.2) is 0 Å². The number of carbonyl (C=O) groups is 2. The molecule has 0 saturated carbocycles. The Bertz CT molecular complexity index is 233. The second kappa shape index (κ2) is 6.33. The predicted molar refractivity (Wildman–Crippen MR) is 50.9 cm³/mol. The number of carbonyl (C=O) groups excluding carboxylic acids is 1. The van der Waals surface area contributed by atoms with E-state index in [4.69, 9.17) is 15.9 Å². The van der Waals surface area contributed by atoms with Crippen LogP contribution in [0.4, 0.5) is 0 Å². The highest BCUT2D eigenvalue weighted by Gasteiger charge is 2.23. The first-order valence-corrected chi connectivity index (χ1v) is 4.44. The van der Waals surface area contributed by atoms with Gasteiger partial charge in [0.25, 0.3) is 0 Å². The SMILES string of the molecule is CC(N[C@@H](CC(=O)O)C(N)=O)C(O)CO. The summed E-state index contributed by atoms with van der Waals surface area (Å²) in [5.74, 6) is -1.98. The molecule has 0 aliphatic rings. The summed E-state index contributed by atoms with van der Waals surface area (Å²) in [5, 5.41) is 28.8. The molecule has 2 unspecified atom stereocenters. The molecule has 3 atom stereocenters. The Labute approximate surface area is 86.9 Å². The fourth-order valence-corrected chi connectivity index (χ4v) is 1.00. The normalized spacial score (nSPS) is 16.7. The van der Waals surface area contributed by atoms with Crippen LogP contribution in [0, 0.1) is 0 Å². The fraction of sp³-hybridized carbons (Fsp3) is 0.750. The van der Waals surface area contributed by atoms with Crippen molar-refractivity contribution in [3.63, 3.8) is 0 Å². The van der Waals surface area contributed by atoms with E-state index in [1.807, 2.05) is 0 Å². The number of aliphatic hydroxyl groups is 2. The van der Waals surface area contributed by atoms with Crippen molar-refractivity contribution in [3.05, 3.63) is 0 Å². The maximum atomic E-state index is 10.8. The molecule has 0 saturated heterocycles. The summed E-state index contributed by atoms with van der Waals surface area (Å²) >= 11 is 0. The first-order chi connectivity index (χ1) is 6.88. The van der Waals surface area contributed by atoms with Gasteiger partial charge in [-0.05, 0) is 6.92 Å². The molecule has 6 N–H and O–H groups in total. The van der Waals surface area contributed by atoms with Crippen LogP contribution in [0.1, 0.15) is 13.3 Å². The van der Waals surface area contributed by atoms with Gasteiger partial charge in [-0.1, -0.05) is 0 Å². The average molecular weight is 220 g/mol. The van der Waals surface area contributed by atoms with Crippen molar-refractivity contribution >= 4 is 11.9 Å². The lowest BCUT2D eigenvalue weighted by Crippen LogP contribution is -2.51. The van der Waals surface area contributed by atoms with Crippen molar-refractivity contribution in [2.45, 2.75) is 31.5 Å². The van der Waals surface area contributed by atoms with E-state index >= 15 is 0 Å². The van der Waals surface area contributed by atoms with E-state index in [9.17, 15) is 14.7 Å². The minimum atomic E-state index is -1.17. The van der Waals surface area contributed by atoms with Crippen LogP contribution in [-0.4, -0.2) is 52.0 Å². The van der Waals surface area contributed by atoms with Crippen LogP contribution in [-0.2, 0) is 9.59 Å². The Kier molecular flexibility index (Phi) is 5.83. The highest BCUT2D eigenvalue weighted by molar-refractivity contribution is 5.84. The molecule has 0 heterocycles. The van der Waals surface area contributed by atoms with Gasteiger partial charge in [-0.15, -0.1) is 0 Å². The molecule has 0 rings (SSSR count). The number of carboxylic acids is 1. The topological polar surface area (TPSA) is 133 Å². The number of aliphatic hydroxyl groups excluding tert-OH is 2. The van der Waals surface area contributed by atoms with Crippen molar-refractivity contribution in [2.24, 2.45) is 5.73 Å². The number of hydrogen-bond acceptors (Lipinski definition) is 5. The number of amides is 1. The van der Waals surface area contributed by atoms with E-state index in [1.54, 1.807) is 0 Å². The second-order valence-corrected chi connectivity index (χ2v) is 3.26. The maximum absolute atomic E-state index is 10.8. The van der Waals surface area contributed by atoms with Crippen LogP contribution in [0.2, 0.25) is 0 Å². The number of nitrogens with one attached hydrogen (secondary N) is 1. The van der Waals surface area contributed by atoms with E-state index in [0.717, 1.165) is 0 Å². The van der Waals surface area contributed by atoms with Gasteiger partial charge >= 0.3 is 5.97 Å². The smallest absolute Gasteiger partial charge is 0.305 e. The average Bonchev–Trinajstić information content (AvgIpc) is 2.14. The minimum Gasteiger partial charge on any atom is -0.481 e. The van der Waals surface area contributed by atoms with Crippen molar-refractivity contribution < 1.29 is 24.9 Å². The summed E-state index contributed by atoms with van der Waals surface area (Å²) in [5.41, 5.74) is 4.97. The van der Waals surface area contributed by atoms with Crippen LogP contribution in [0.25, 0.3) is 0 Å². The quantitative estimate of drug-likeness (QED) is 0.326. The molecule has 7 heteroatoms. The fourth-order valence-electron chi connectivity index (χ4n) is 1.00. The molecule has 0 spiro atoms. The minimum absolute atomic E-state index is 0.460. The largest absolute Gasteiger partial charge is 0.481 e. The van der Waals surface area contributed by atoms with Crippen LogP contribution in [0.5, 0.6) is 0 Å². The standard InChI is InChI=1S/C8H16N2O5/c1-4(6(12)3-11)10-5(8(9)15)2-7(13)14/h4-6,10-12H,2-3H2,1H3,(H2,9,15)(H,13,14)/t4?,5-,6?/m0/s1. The van der Waals surface area contributed by atoms with Gasteiger partial charge < -0.3 is 26.4 Å². The van der Waals surface area contributed by atoms with E-state index in [-0.39, 0.29) is 0 Å². The number of nitrogens with two attached hydrogens (primary N) is 1. The number of primary amides is 1. The molecule has 7 nitrogen and oxygen atoms in total. The molecule has 88 valence electrons. The maximum Gasteiger partial charge on any atom is 0.305 e. The van der Waals surface area contributed by atoms with Crippen molar-refractivity contribution in [1.82, 2.24) is 5.32 Å². The molecule has 0 aromatic carbocycles. The second-order valence-electron chi connectivity index (χ2n) is 3.26. The molecule has 0 aliphatic heterocycles. The Hall–Kier alpha value is -1.18. The van der Waals surface area contributed by atoms with Gasteiger partial charge in [0.15, 0.2) is 0 Å².